The molecule has 3 aromatic carbocycles. The van der Waals surface area contributed by atoms with E-state index in [2.05, 4.69) is 16.8 Å². The SMILES string of the molecule is COC(Cn1c(=O)[nH]c2ccccc2c1=O)c1ccc(C#Cc2ccccc2)cc1Cl. The Kier molecular flexibility index (Phi) is 6.03. The molecule has 4 aromatic rings. The van der Waals surface area contributed by atoms with Crippen LogP contribution in [0, 0.1) is 11.8 Å². The number of H-pyrrole nitrogens is 1. The molecule has 5 nitrogen and oxygen atoms in total. The number of nitrogens with zero attached hydrogens (tertiary/aromatic N) is 1. The fourth-order valence-corrected chi connectivity index (χ4v) is 3.66. The van der Waals surface area contributed by atoms with Crippen LogP contribution in [0.1, 0.15) is 22.8 Å². The summed E-state index contributed by atoms with van der Waals surface area (Å²) in [6.07, 6.45) is -0.580. The van der Waals surface area contributed by atoms with E-state index in [9.17, 15) is 9.59 Å². The normalized spacial score (nSPS) is 11.7. The number of rotatable bonds is 4. The lowest BCUT2D eigenvalue weighted by Gasteiger charge is -2.18. The monoisotopic (exact) mass is 430 g/mol. The summed E-state index contributed by atoms with van der Waals surface area (Å²) < 4.78 is 6.71. The topological polar surface area (TPSA) is 64.1 Å². The largest absolute Gasteiger partial charge is 0.375 e. The van der Waals surface area contributed by atoms with E-state index in [0.717, 1.165) is 15.7 Å². The molecule has 6 heteroatoms. The Labute approximate surface area is 183 Å². The number of methoxy groups -OCH3 is 1. The van der Waals surface area contributed by atoms with Crippen molar-refractivity contribution in [2.45, 2.75) is 12.6 Å². The van der Waals surface area contributed by atoms with Gasteiger partial charge in [-0.1, -0.05) is 59.8 Å². The minimum Gasteiger partial charge on any atom is -0.375 e. The predicted molar refractivity (Wildman–Crippen MR) is 122 cm³/mol. The van der Waals surface area contributed by atoms with Gasteiger partial charge in [0.2, 0.25) is 0 Å². The van der Waals surface area contributed by atoms with Gasteiger partial charge < -0.3 is 9.72 Å². The van der Waals surface area contributed by atoms with Crippen LogP contribution in [0.2, 0.25) is 5.02 Å². The molecule has 0 bridgehead atoms. The molecule has 31 heavy (non-hydrogen) atoms. The molecule has 1 N–H and O–H groups in total. The minimum absolute atomic E-state index is 0.0320. The standard InChI is InChI=1S/C25H19ClN2O3/c1-31-23(16-28-24(29)20-9-5-6-10-22(20)27-25(28)30)19-14-13-18(15-21(19)26)12-11-17-7-3-2-4-8-17/h2-10,13-15,23H,16H2,1H3,(H,27,30). The summed E-state index contributed by atoms with van der Waals surface area (Å²) in [7, 11) is 1.52. The van der Waals surface area contributed by atoms with Crippen LogP contribution in [-0.4, -0.2) is 16.7 Å². The zero-order chi connectivity index (χ0) is 21.8. The predicted octanol–water partition coefficient (Wildman–Crippen LogP) is 4.13. The average molecular weight is 431 g/mol. The molecule has 0 aliphatic carbocycles. The van der Waals surface area contributed by atoms with Gasteiger partial charge in [0, 0.05) is 28.8 Å². The summed E-state index contributed by atoms with van der Waals surface area (Å²) in [6.45, 7) is 0.0320. The van der Waals surface area contributed by atoms with Crippen LogP contribution in [0.15, 0.2) is 82.4 Å². The van der Waals surface area contributed by atoms with Gasteiger partial charge in [-0.2, -0.15) is 0 Å². The van der Waals surface area contributed by atoms with Crippen LogP contribution in [-0.2, 0) is 11.3 Å². The Morgan fingerprint density at radius 2 is 1.68 bits per heavy atom. The second-order valence-electron chi connectivity index (χ2n) is 6.97. The summed E-state index contributed by atoms with van der Waals surface area (Å²) in [4.78, 5) is 28.1. The Hall–Kier alpha value is -3.59. The number of hydrogen-bond donors (Lipinski definition) is 1. The van der Waals surface area contributed by atoms with E-state index in [-0.39, 0.29) is 12.1 Å². The highest BCUT2D eigenvalue weighted by Crippen LogP contribution is 2.27. The Morgan fingerprint density at radius 3 is 2.42 bits per heavy atom. The van der Waals surface area contributed by atoms with Gasteiger partial charge in [0.05, 0.1) is 17.4 Å². The van der Waals surface area contributed by atoms with Gasteiger partial charge in [-0.25, -0.2) is 4.79 Å². The number of hydrogen-bond acceptors (Lipinski definition) is 3. The van der Waals surface area contributed by atoms with E-state index in [1.54, 1.807) is 30.3 Å². The summed E-state index contributed by atoms with van der Waals surface area (Å²) in [5.74, 6) is 6.18. The zero-order valence-electron chi connectivity index (χ0n) is 16.8. The van der Waals surface area contributed by atoms with Crippen LogP contribution in [0.4, 0.5) is 0 Å². The fraction of sp³-hybridized carbons (Fsp3) is 0.120. The second-order valence-corrected chi connectivity index (χ2v) is 7.38. The highest BCUT2D eigenvalue weighted by molar-refractivity contribution is 6.31. The van der Waals surface area contributed by atoms with Crippen LogP contribution < -0.4 is 11.2 Å². The van der Waals surface area contributed by atoms with Crippen LogP contribution in [0.3, 0.4) is 0 Å². The Morgan fingerprint density at radius 1 is 0.968 bits per heavy atom. The third-order valence-corrected chi connectivity index (χ3v) is 5.32. The summed E-state index contributed by atoms with van der Waals surface area (Å²) in [6, 6.07) is 22.0. The first-order valence-electron chi connectivity index (χ1n) is 9.68. The number of fused-ring (bicyclic) bond motifs is 1. The van der Waals surface area contributed by atoms with Crippen molar-refractivity contribution in [2.75, 3.05) is 7.11 Å². The van der Waals surface area contributed by atoms with Crippen molar-refractivity contribution in [1.82, 2.24) is 9.55 Å². The molecule has 154 valence electrons. The molecule has 0 fully saturated rings. The molecule has 4 rings (SSSR count). The van der Waals surface area contributed by atoms with E-state index in [4.69, 9.17) is 16.3 Å². The van der Waals surface area contributed by atoms with Gasteiger partial charge in [0.25, 0.3) is 5.56 Å². The van der Waals surface area contributed by atoms with Crippen molar-refractivity contribution in [2.24, 2.45) is 0 Å². The van der Waals surface area contributed by atoms with Crippen molar-refractivity contribution < 1.29 is 4.74 Å². The third kappa shape index (κ3) is 4.46. The first-order valence-corrected chi connectivity index (χ1v) is 10.1. The van der Waals surface area contributed by atoms with E-state index < -0.39 is 11.8 Å². The molecule has 0 aliphatic rings. The summed E-state index contributed by atoms with van der Waals surface area (Å²) in [5, 5.41) is 0.895. The lowest BCUT2D eigenvalue weighted by Crippen LogP contribution is -2.37. The van der Waals surface area contributed by atoms with Gasteiger partial charge in [-0.05, 0) is 36.4 Å². The Balaban J connectivity index is 1.65. The highest BCUT2D eigenvalue weighted by atomic mass is 35.5. The number of para-hydroxylation sites is 1. The van der Waals surface area contributed by atoms with E-state index in [0.29, 0.717) is 21.5 Å². The van der Waals surface area contributed by atoms with Crippen LogP contribution in [0.25, 0.3) is 10.9 Å². The van der Waals surface area contributed by atoms with Gasteiger partial charge in [-0.15, -0.1) is 0 Å². The molecule has 0 aliphatic heterocycles. The maximum absolute atomic E-state index is 12.8. The molecule has 1 unspecified atom stereocenters. The zero-order valence-corrected chi connectivity index (χ0v) is 17.5. The molecule has 0 radical (unpaired) electrons. The fourth-order valence-electron chi connectivity index (χ4n) is 3.36. The number of nitrogens with one attached hydrogen (secondary N) is 1. The average Bonchev–Trinajstić information content (AvgIpc) is 2.79. The molecule has 1 aromatic heterocycles. The number of benzene rings is 3. The Bertz CT molecular complexity index is 1410. The van der Waals surface area contributed by atoms with Crippen molar-refractivity contribution in [1.29, 1.82) is 0 Å². The quantitative estimate of drug-likeness (QED) is 0.495. The number of aromatic amines is 1. The lowest BCUT2D eigenvalue weighted by molar-refractivity contribution is 0.0860. The van der Waals surface area contributed by atoms with Crippen molar-refractivity contribution in [3.8, 4) is 11.8 Å². The summed E-state index contributed by atoms with van der Waals surface area (Å²) >= 11 is 6.50. The lowest BCUT2D eigenvalue weighted by atomic mass is 10.1. The van der Waals surface area contributed by atoms with Crippen LogP contribution in [0.5, 0.6) is 0 Å². The van der Waals surface area contributed by atoms with Crippen molar-refractivity contribution in [3.05, 3.63) is 115 Å². The van der Waals surface area contributed by atoms with E-state index >= 15 is 0 Å². The number of halogens is 1. The van der Waals surface area contributed by atoms with E-state index in [1.807, 2.05) is 42.5 Å². The van der Waals surface area contributed by atoms with E-state index in [1.165, 1.54) is 7.11 Å². The van der Waals surface area contributed by atoms with Gasteiger partial charge in [-0.3, -0.25) is 9.36 Å². The molecular weight excluding hydrogens is 412 g/mol. The first-order chi connectivity index (χ1) is 15.1. The van der Waals surface area contributed by atoms with Gasteiger partial charge in [0.15, 0.2) is 0 Å². The molecule has 1 heterocycles. The summed E-state index contributed by atoms with van der Waals surface area (Å²) in [5.41, 5.74) is 1.98. The minimum atomic E-state index is -0.580. The molecular formula is C25H19ClN2O3. The molecule has 0 amide bonds. The van der Waals surface area contributed by atoms with Gasteiger partial charge in [0.1, 0.15) is 6.10 Å². The first kappa shape index (κ1) is 20.7. The van der Waals surface area contributed by atoms with Gasteiger partial charge >= 0.3 is 5.69 Å². The highest BCUT2D eigenvalue weighted by Gasteiger charge is 2.18. The smallest absolute Gasteiger partial charge is 0.328 e. The number of ether oxygens (including phenoxy) is 1. The maximum atomic E-state index is 12.8. The molecule has 1 atom stereocenters. The number of aromatic nitrogens is 2. The van der Waals surface area contributed by atoms with Crippen molar-refractivity contribution in [3.63, 3.8) is 0 Å². The molecule has 0 saturated carbocycles. The second kappa shape index (κ2) is 9.05. The maximum Gasteiger partial charge on any atom is 0.328 e. The van der Waals surface area contributed by atoms with Crippen LogP contribution >= 0.6 is 11.6 Å². The molecule has 0 spiro atoms. The van der Waals surface area contributed by atoms with Crippen molar-refractivity contribution >= 4 is 22.5 Å². The molecule has 0 saturated heterocycles. The third-order valence-electron chi connectivity index (χ3n) is 4.99.